The molecule has 8 nitrogen and oxygen atoms in total. The lowest BCUT2D eigenvalue weighted by Crippen LogP contribution is -2.40. The average molecular weight is 438 g/mol. The third-order valence-electron chi connectivity index (χ3n) is 4.60. The van der Waals surface area contributed by atoms with E-state index in [-0.39, 0.29) is 12.5 Å². The van der Waals surface area contributed by atoms with Gasteiger partial charge in [0, 0.05) is 0 Å². The molecule has 4 rings (SSSR count). The summed E-state index contributed by atoms with van der Waals surface area (Å²) < 4.78 is 39.4. The van der Waals surface area contributed by atoms with E-state index in [1.165, 1.54) is 37.4 Å². The number of halogens is 3. The number of alkyl halides is 2. The Bertz CT molecular complexity index is 1050. The van der Waals surface area contributed by atoms with E-state index >= 15 is 0 Å². The van der Waals surface area contributed by atoms with E-state index < -0.39 is 24.1 Å². The van der Waals surface area contributed by atoms with Gasteiger partial charge in [-0.15, -0.1) is 5.01 Å². The summed E-state index contributed by atoms with van der Waals surface area (Å²) in [5.41, 5.74) is -0.553. The largest absolute Gasteiger partial charge is 0.454 e. The summed E-state index contributed by atoms with van der Waals surface area (Å²) in [6, 6.07) is 7.83. The van der Waals surface area contributed by atoms with Gasteiger partial charge in [-0.2, -0.15) is 13.9 Å². The van der Waals surface area contributed by atoms with Crippen molar-refractivity contribution in [3.63, 3.8) is 0 Å². The Hall–Kier alpha value is -3.40. The number of benzene rings is 2. The number of nitrogens with zero attached hydrogens (tertiary/aromatic N) is 2. The van der Waals surface area contributed by atoms with Crippen molar-refractivity contribution in [1.82, 2.24) is 10.3 Å². The van der Waals surface area contributed by atoms with Gasteiger partial charge in [-0.25, -0.2) is 4.79 Å². The van der Waals surface area contributed by atoms with Crippen LogP contribution in [-0.2, 0) is 10.3 Å². The van der Waals surface area contributed by atoms with Crippen molar-refractivity contribution in [2.45, 2.75) is 19.1 Å². The maximum Gasteiger partial charge on any atom is 0.387 e. The first kappa shape index (κ1) is 19.9. The molecule has 30 heavy (non-hydrogen) atoms. The van der Waals surface area contributed by atoms with Crippen LogP contribution in [0.15, 0.2) is 41.5 Å². The number of nitrogens with one attached hydrogen (secondary N) is 1. The summed E-state index contributed by atoms with van der Waals surface area (Å²) in [6.45, 7) is -1.43. The molecule has 0 radical (unpaired) electrons. The molecular weight excluding hydrogens is 424 g/mol. The van der Waals surface area contributed by atoms with Gasteiger partial charge in [0.15, 0.2) is 11.5 Å². The van der Waals surface area contributed by atoms with Crippen LogP contribution in [0.5, 0.6) is 17.2 Å². The van der Waals surface area contributed by atoms with Crippen LogP contribution in [0.3, 0.4) is 0 Å². The molecule has 0 bridgehead atoms. The maximum absolute atomic E-state index is 12.9. The van der Waals surface area contributed by atoms with E-state index in [4.69, 9.17) is 21.1 Å². The lowest BCUT2D eigenvalue weighted by molar-refractivity contribution is -0.131. The summed E-state index contributed by atoms with van der Waals surface area (Å²) in [6.07, 6.45) is 1.29. The number of carbonyl (C=O) groups is 2. The van der Waals surface area contributed by atoms with E-state index in [0.717, 1.165) is 0 Å². The highest BCUT2D eigenvalue weighted by Crippen LogP contribution is 2.39. The summed E-state index contributed by atoms with van der Waals surface area (Å²) in [5.74, 6) is 0.134. The number of rotatable bonds is 5. The molecule has 156 valence electrons. The molecule has 11 heteroatoms. The Balaban J connectivity index is 1.55. The number of carbonyl (C=O) groups excluding carboxylic acids is 2. The van der Waals surface area contributed by atoms with Crippen molar-refractivity contribution in [2.24, 2.45) is 5.10 Å². The second-order valence-corrected chi connectivity index (χ2v) is 6.96. The van der Waals surface area contributed by atoms with E-state index in [9.17, 15) is 18.4 Å². The zero-order valence-electron chi connectivity index (χ0n) is 15.4. The molecule has 1 atom stereocenters. The quantitative estimate of drug-likeness (QED) is 0.571. The van der Waals surface area contributed by atoms with Crippen LogP contribution < -0.4 is 19.5 Å². The third kappa shape index (κ3) is 3.50. The number of imide groups is 1. The SMILES string of the molecule is CC1(c2ccc(OC(F)F)cc2)NC(=O)N(/N=C/c2cc(Cl)c3c(c2)OCO3)C1=O. The highest BCUT2D eigenvalue weighted by molar-refractivity contribution is 6.32. The molecule has 3 amide bonds. The van der Waals surface area contributed by atoms with Crippen LogP contribution >= 0.6 is 11.6 Å². The first-order valence-electron chi connectivity index (χ1n) is 8.63. The number of urea groups is 1. The van der Waals surface area contributed by atoms with Crippen molar-refractivity contribution >= 4 is 29.8 Å². The van der Waals surface area contributed by atoms with Crippen molar-refractivity contribution in [1.29, 1.82) is 0 Å². The van der Waals surface area contributed by atoms with Crippen LogP contribution in [0.1, 0.15) is 18.1 Å². The van der Waals surface area contributed by atoms with E-state index in [1.54, 1.807) is 12.1 Å². The Labute approximate surface area is 174 Å². The molecule has 1 unspecified atom stereocenters. The molecule has 2 aromatic carbocycles. The maximum atomic E-state index is 12.9. The number of hydrogen-bond acceptors (Lipinski definition) is 6. The van der Waals surface area contributed by atoms with Gasteiger partial charge in [-0.05, 0) is 42.3 Å². The number of fused-ring (bicyclic) bond motifs is 1. The van der Waals surface area contributed by atoms with Crippen molar-refractivity contribution in [2.75, 3.05) is 6.79 Å². The highest BCUT2D eigenvalue weighted by atomic mass is 35.5. The fourth-order valence-electron chi connectivity index (χ4n) is 3.08. The molecule has 1 fully saturated rings. The normalized spacial score (nSPS) is 20.4. The fraction of sp³-hybridized carbons (Fsp3) is 0.211. The van der Waals surface area contributed by atoms with Crippen LogP contribution in [0.2, 0.25) is 5.02 Å². The van der Waals surface area contributed by atoms with Gasteiger partial charge in [0.2, 0.25) is 6.79 Å². The number of amides is 3. The minimum Gasteiger partial charge on any atom is -0.454 e. The van der Waals surface area contributed by atoms with Crippen molar-refractivity contribution < 1.29 is 32.6 Å². The second-order valence-electron chi connectivity index (χ2n) is 6.56. The van der Waals surface area contributed by atoms with Crippen LogP contribution in [-0.4, -0.2) is 36.6 Å². The fourth-order valence-corrected chi connectivity index (χ4v) is 3.35. The van der Waals surface area contributed by atoms with Crippen LogP contribution in [0.25, 0.3) is 0 Å². The van der Waals surface area contributed by atoms with Gasteiger partial charge in [-0.3, -0.25) is 4.79 Å². The Morgan fingerprint density at radius 2 is 2.00 bits per heavy atom. The van der Waals surface area contributed by atoms with Gasteiger partial charge >= 0.3 is 12.6 Å². The van der Waals surface area contributed by atoms with Crippen LogP contribution in [0, 0.1) is 0 Å². The molecule has 2 heterocycles. The Kier molecular flexibility index (Phi) is 4.94. The van der Waals surface area contributed by atoms with Gasteiger partial charge in [0.25, 0.3) is 5.91 Å². The standard InChI is InChI=1S/C19H14ClF2N3O5/c1-19(11-2-4-12(5-3-11)30-17(21)22)16(26)25(18(27)24-19)23-8-10-6-13(20)15-14(7-10)28-9-29-15/h2-8,17H,9H2,1H3,(H,24,27)/b23-8+. The molecule has 1 N–H and O–H groups in total. The summed E-state index contributed by atoms with van der Waals surface area (Å²) in [5, 5.41) is 7.52. The molecule has 2 aliphatic heterocycles. The van der Waals surface area contributed by atoms with E-state index in [0.29, 0.717) is 32.7 Å². The summed E-state index contributed by atoms with van der Waals surface area (Å²) in [4.78, 5) is 25.2. The van der Waals surface area contributed by atoms with Gasteiger partial charge in [0.05, 0.1) is 11.2 Å². The molecule has 2 aromatic rings. The zero-order valence-corrected chi connectivity index (χ0v) is 16.2. The van der Waals surface area contributed by atoms with E-state index in [2.05, 4.69) is 15.2 Å². The summed E-state index contributed by atoms with van der Waals surface area (Å²) >= 11 is 6.11. The van der Waals surface area contributed by atoms with Gasteiger partial charge < -0.3 is 19.5 Å². The number of hydrogen-bond donors (Lipinski definition) is 1. The first-order valence-corrected chi connectivity index (χ1v) is 9.01. The summed E-state index contributed by atoms with van der Waals surface area (Å²) in [7, 11) is 0. The van der Waals surface area contributed by atoms with Crippen LogP contribution in [0.4, 0.5) is 13.6 Å². The molecule has 1 saturated heterocycles. The molecule has 0 aromatic heterocycles. The average Bonchev–Trinajstić information content (AvgIpc) is 3.24. The molecule has 0 saturated carbocycles. The van der Waals surface area contributed by atoms with Crippen molar-refractivity contribution in [3.05, 3.63) is 52.5 Å². The topological polar surface area (TPSA) is 89.5 Å². The molecule has 0 spiro atoms. The lowest BCUT2D eigenvalue weighted by Gasteiger charge is -2.21. The number of hydrazone groups is 1. The predicted molar refractivity (Wildman–Crippen MR) is 101 cm³/mol. The highest BCUT2D eigenvalue weighted by Gasteiger charge is 2.49. The second kappa shape index (κ2) is 7.45. The van der Waals surface area contributed by atoms with Gasteiger partial charge in [-0.1, -0.05) is 23.7 Å². The van der Waals surface area contributed by atoms with Crippen molar-refractivity contribution in [3.8, 4) is 17.2 Å². The monoisotopic (exact) mass is 437 g/mol. The smallest absolute Gasteiger partial charge is 0.387 e. The lowest BCUT2D eigenvalue weighted by atomic mass is 9.92. The zero-order chi connectivity index (χ0) is 21.5. The van der Waals surface area contributed by atoms with Gasteiger partial charge in [0.1, 0.15) is 11.3 Å². The molecule has 0 aliphatic carbocycles. The predicted octanol–water partition coefficient (Wildman–Crippen LogP) is 3.47. The minimum absolute atomic E-state index is 0.0438. The molecular formula is C19H14ClF2N3O5. The molecule has 2 aliphatic rings. The minimum atomic E-state index is -2.96. The number of ether oxygens (including phenoxy) is 3. The van der Waals surface area contributed by atoms with E-state index in [1.807, 2.05) is 0 Å². The Morgan fingerprint density at radius 1 is 1.27 bits per heavy atom. The Morgan fingerprint density at radius 3 is 2.70 bits per heavy atom. The third-order valence-corrected chi connectivity index (χ3v) is 4.88. The first-order chi connectivity index (χ1) is 14.3.